The molecule has 0 spiro atoms. The van der Waals surface area contributed by atoms with Crippen molar-refractivity contribution in [2.75, 3.05) is 0 Å². The number of nitrogens with zero attached hydrogens (tertiary/aromatic N) is 1. The Balaban J connectivity index is 2.43. The Morgan fingerprint density at radius 2 is 1.87 bits per heavy atom. The quantitative estimate of drug-likeness (QED) is 0.698. The lowest BCUT2D eigenvalue weighted by Crippen LogP contribution is -2.29. The number of primary amides is 1. The normalized spacial score (nSPS) is 12.1. The number of amides is 1. The molecule has 2 rings (SSSR count). The molecule has 0 aliphatic carbocycles. The summed E-state index contributed by atoms with van der Waals surface area (Å²) >= 11 is 9.99. The van der Waals surface area contributed by atoms with E-state index in [1.807, 2.05) is 0 Å². The third-order valence-corrected chi connectivity index (χ3v) is 4.03. The fourth-order valence-electron chi connectivity index (χ4n) is 2.16. The first-order chi connectivity index (χ1) is 10.8. The zero-order chi connectivity index (χ0) is 17.1. The Morgan fingerprint density at radius 1 is 1.22 bits per heavy atom. The van der Waals surface area contributed by atoms with Gasteiger partial charge in [-0.15, -0.1) is 0 Å². The predicted octanol–water partition coefficient (Wildman–Crippen LogP) is 2.14. The van der Waals surface area contributed by atoms with Crippen molar-refractivity contribution in [3.8, 4) is 0 Å². The summed E-state index contributed by atoms with van der Waals surface area (Å²) in [7, 11) is 0. The summed E-state index contributed by atoms with van der Waals surface area (Å²) < 4.78 is 21.4. The average Bonchev–Trinajstić information content (AvgIpc) is 2.40. The van der Waals surface area contributed by atoms with E-state index < -0.39 is 17.0 Å². The van der Waals surface area contributed by atoms with Gasteiger partial charge < -0.3 is 14.9 Å². The molecule has 0 bridgehead atoms. The Bertz CT molecular complexity index is 852. The van der Waals surface area contributed by atoms with Crippen molar-refractivity contribution >= 4 is 40.2 Å². The molecule has 0 saturated carbocycles. The van der Waals surface area contributed by atoms with Crippen LogP contribution in [-0.2, 0) is 23.4 Å². The molecule has 1 atom stereocenters. The monoisotopic (exact) mass is 373 g/mol. The zero-order valence-electron chi connectivity index (χ0n) is 11.8. The van der Waals surface area contributed by atoms with Crippen LogP contribution >= 0.6 is 23.2 Å². The van der Waals surface area contributed by atoms with Gasteiger partial charge in [0.25, 0.3) is 5.91 Å². The van der Waals surface area contributed by atoms with Crippen molar-refractivity contribution in [3.63, 3.8) is 0 Å². The minimum Gasteiger partial charge on any atom is -0.365 e. The molecule has 1 amide bonds. The SMILES string of the molecule is N=c1c(C(N)=O)cc(Cl)cn1Cc1cc(Cl)cc(CS(=O)O)c1. The van der Waals surface area contributed by atoms with Gasteiger partial charge in [0.05, 0.1) is 16.3 Å². The molecule has 9 heteroatoms. The minimum absolute atomic E-state index is 0.0104. The molecule has 0 radical (unpaired) electrons. The van der Waals surface area contributed by atoms with Crippen molar-refractivity contribution < 1.29 is 13.6 Å². The number of halogens is 2. The van der Waals surface area contributed by atoms with E-state index >= 15 is 0 Å². The maximum Gasteiger partial charge on any atom is 0.252 e. The first-order valence-electron chi connectivity index (χ1n) is 6.36. The van der Waals surface area contributed by atoms with Crippen LogP contribution in [0.4, 0.5) is 0 Å². The van der Waals surface area contributed by atoms with E-state index in [-0.39, 0.29) is 28.4 Å². The van der Waals surface area contributed by atoms with Crippen LogP contribution in [-0.4, -0.2) is 19.2 Å². The average molecular weight is 374 g/mol. The second-order valence-electron chi connectivity index (χ2n) is 4.85. The molecule has 1 heterocycles. The van der Waals surface area contributed by atoms with Gasteiger partial charge in [0.15, 0.2) is 11.1 Å². The van der Waals surface area contributed by atoms with Crippen LogP contribution in [0.5, 0.6) is 0 Å². The highest BCUT2D eigenvalue weighted by molar-refractivity contribution is 7.78. The third-order valence-electron chi connectivity index (χ3n) is 3.03. The number of hydrogen-bond donors (Lipinski definition) is 3. The Kier molecular flexibility index (Phi) is 5.59. The predicted molar refractivity (Wildman–Crippen MR) is 88.8 cm³/mol. The molecular formula is C14H13Cl2N3O3S. The summed E-state index contributed by atoms with van der Waals surface area (Å²) in [5, 5.41) is 8.71. The van der Waals surface area contributed by atoms with Crippen LogP contribution < -0.4 is 11.2 Å². The largest absolute Gasteiger partial charge is 0.365 e. The standard InChI is InChI=1S/C14H13Cl2N3O3S/c15-10-2-8(1-9(3-10)7-23(21)22)5-19-6-11(16)4-12(13(19)17)14(18)20/h1-4,6,17H,5,7H2,(H2,18,20)(H,21,22). The summed E-state index contributed by atoms with van der Waals surface area (Å²) in [5.74, 6) is -0.790. The van der Waals surface area contributed by atoms with E-state index in [1.165, 1.54) is 16.8 Å². The molecule has 1 aromatic carbocycles. The number of hydrogen-bond acceptors (Lipinski definition) is 3. The lowest BCUT2D eigenvalue weighted by Gasteiger charge is -2.11. The molecule has 0 saturated heterocycles. The van der Waals surface area contributed by atoms with Gasteiger partial charge >= 0.3 is 0 Å². The number of nitrogens with two attached hydrogens (primary N) is 1. The number of pyridine rings is 1. The number of carbonyl (C=O) groups is 1. The number of benzene rings is 1. The number of rotatable bonds is 5. The third kappa shape index (κ3) is 4.65. The van der Waals surface area contributed by atoms with Crippen molar-refractivity contribution in [2.45, 2.75) is 12.3 Å². The van der Waals surface area contributed by atoms with Crippen LogP contribution in [0.25, 0.3) is 0 Å². The summed E-state index contributed by atoms with van der Waals surface area (Å²) in [6.07, 6.45) is 1.50. The molecule has 6 nitrogen and oxygen atoms in total. The van der Waals surface area contributed by atoms with Gasteiger partial charge in [0.2, 0.25) is 0 Å². The molecule has 122 valence electrons. The van der Waals surface area contributed by atoms with Gasteiger partial charge in [-0.3, -0.25) is 10.2 Å². The highest BCUT2D eigenvalue weighted by atomic mass is 35.5. The topological polar surface area (TPSA) is 109 Å². The molecule has 23 heavy (non-hydrogen) atoms. The minimum atomic E-state index is -1.98. The van der Waals surface area contributed by atoms with Gasteiger partial charge in [-0.05, 0) is 29.3 Å². The van der Waals surface area contributed by atoms with Crippen LogP contribution in [0.15, 0.2) is 30.5 Å². The molecule has 2 aromatic rings. The summed E-state index contributed by atoms with van der Waals surface area (Å²) in [4.78, 5) is 11.4. The zero-order valence-corrected chi connectivity index (χ0v) is 14.1. The fourth-order valence-corrected chi connectivity index (χ4v) is 3.11. The van der Waals surface area contributed by atoms with Crippen LogP contribution in [0.2, 0.25) is 10.0 Å². The molecule has 1 unspecified atom stereocenters. The molecular weight excluding hydrogens is 361 g/mol. The highest BCUT2D eigenvalue weighted by Crippen LogP contribution is 2.18. The van der Waals surface area contributed by atoms with Gasteiger partial charge in [-0.1, -0.05) is 29.3 Å². The number of aromatic nitrogens is 1. The first-order valence-corrected chi connectivity index (χ1v) is 8.39. The first kappa shape index (κ1) is 17.7. The van der Waals surface area contributed by atoms with E-state index in [1.54, 1.807) is 18.2 Å². The van der Waals surface area contributed by atoms with E-state index in [0.29, 0.717) is 16.1 Å². The molecule has 4 N–H and O–H groups in total. The van der Waals surface area contributed by atoms with Gasteiger partial charge in [-0.25, -0.2) is 4.21 Å². The second-order valence-corrected chi connectivity index (χ2v) is 6.65. The van der Waals surface area contributed by atoms with E-state index in [4.69, 9.17) is 38.9 Å². The lowest BCUT2D eigenvalue weighted by molar-refractivity contribution is 0.0997. The number of nitrogens with one attached hydrogen (secondary N) is 1. The van der Waals surface area contributed by atoms with Crippen LogP contribution in [0.1, 0.15) is 21.5 Å². The van der Waals surface area contributed by atoms with E-state index in [0.717, 1.165) is 0 Å². The Hall–Kier alpha value is -1.67. The van der Waals surface area contributed by atoms with Gasteiger partial charge in [0, 0.05) is 17.8 Å². The molecule has 0 fully saturated rings. The van der Waals surface area contributed by atoms with Crippen molar-refractivity contribution in [1.29, 1.82) is 5.41 Å². The highest BCUT2D eigenvalue weighted by Gasteiger charge is 2.10. The second kappa shape index (κ2) is 7.27. The van der Waals surface area contributed by atoms with Crippen molar-refractivity contribution in [1.82, 2.24) is 4.57 Å². The van der Waals surface area contributed by atoms with E-state index in [9.17, 15) is 9.00 Å². The summed E-state index contributed by atoms with van der Waals surface area (Å²) in [6, 6.07) is 6.30. The van der Waals surface area contributed by atoms with Crippen molar-refractivity contribution in [3.05, 3.63) is 62.7 Å². The van der Waals surface area contributed by atoms with Crippen LogP contribution in [0, 0.1) is 5.41 Å². The van der Waals surface area contributed by atoms with Gasteiger partial charge in [0.1, 0.15) is 5.49 Å². The van der Waals surface area contributed by atoms with Crippen LogP contribution in [0.3, 0.4) is 0 Å². The van der Waals surface area contributed by atoms with Crippen molar-refractivity contribution in [2.24, 2.45) is 5.73 Å². The van der Waals surface area contributed by atoms with Gasteiger partial charge in [-0.2, -0.15) is 0 Å². The molecule has 0 aliphatic heterocycles. The molecule has 0 aliphatic rings. The smallest absolute Gasteiger partial charge is 0.252 e. The Morgan fingerprint density at radius 3 is 2.48 bits per heavy atom. The maximum absolute atomic E-state index is 11.4. The van der Waals surface area contributed by atoms with E-state index in [2.05, 4.69) is 0 Å². The molecule has 1 aromatic heterocycles. The lowest BCUT2D eigenvalue weighted by atomic mass is 10.1. The number of carbonyl (C=O) groups excluding carboxylic acids is 1. The Labute approximate surface area is 144 Å². The summed E-state index contributed by atoms with van der Waals surface area (Å²) in [5.41, 5.74) is 6.47. The fraction of sp³-hybridized carbons (Fsp3) is 0.143. The summed E-state index contributed by atoms with van der Waals surface area (Å²) in [6.45, 7) is 0.214. The maximum atomic E-state index is 11.4.